The van der Waals surface area contributed by atoms with Crippen LogP contribution in [0.1, 0.15) is 116 Å². The van der Waals surface area contributed by atoms with Crippen molar-refractivity contribution in [2.75, 3.05) is 90.5 Å². The molecule has 0 saturated carbocycles. The fourth-order valence-electron chi connectivity index (χ4n) is 5.86. The van der Waals surface area contributed by atoms with Gasteiger partial charge in [-0.2, -0.15) is 0 Å². The number of amides is 5. The molecule has 0 aromatic carbocycles. The smallest absolute Gasteiger partial charge is 0.326 e. The number of carboxylic acid groups (broad SMARTS) is 2. The summed E-state index contributed by atoms with van der Waals surface area (Å²) in [5.74, 6) is -3.05. The van der Waals surface area contributed by atoms with Crippen LogP contribution in [0.15, 0.2) is 0 Å². The van der Waals surface area contributed by atoms with E-state index in [1.54, 1.807) is 0 Å². The van der Waals surface area contributed by atoms with Gasteiger partial charge in [0.05, 0.1) is 51.4 Å². The maximum atomic E-state index is 12.3. The van der Waals surface area contributed by atoms with E-state index in [0.29, 0.717) is 12.2 Å². The highest BCUT2D eigenvalue weighted by atomic mass is 32.2. The van der Waals surface area contributed by atoms with Gasteiger partial charge >= 0.3 is 11.9 Å². The predicted molar refractivity (Wildman–Crippen MR) is 253 cm³/mol. The highest BCUT2D eigenvalue weighted by molar-refractivity contribution is 8.00. The Hall–Kier alpha value is -3.19. The Kier molecular flexibility index (Phi) is 42.4. The molecule has 0 fully saturated rings. The zero-order valence-electron chi connectivity index (χ0n) is 37.9. The van der Waals surface area contributed by atoms with E-state index in [9.17, 15) is 43.5 Å². The molecule has 1 unspecified atom stereocenters. The number of unbranched alkanes of at least 4 members (excludes halogenated alkanes) is 13. The second-order valence-corrected chi connectivity index (χ2v) is 16.8. The SMILES string of the molecule is O=C(O)CCCCCCCCCCCCCCCCC(=O)N[C@@H](CCC(=O)NCCOCCOCC(=O)NCCOCCOCC(=O)NCCNC(=O)CSCC(NS)C(=O)S)C(=O)O. The number of carbonyl (C=O) groups is 8. The Bertz CT molecular complexity index is 1340. The Balaban J connectivity index is 3.66. The van der Waals surface area contributed by atoms with Gasteiger partial charge in [0.1, 0.15) is 19.3 Å². The van der Waals surface area contributed by atoms with Crippen molar-refractivity contribution in [3.8, 4) is 0 Å². The molecule has 65 heavy (non-hydrogen) atoms. The minimum absolute atomic E-state index is 0.0364. The number of aliphatic carboxylic acids is 2. The normalized spacial score (nSPS) is 11.9. The third kappa shape index (κ3) is 43.2. The first-order valence-corrected chi connectivity index (χ1v) is 24.7. The fourth-order valence-corrected chi connectivity index (χ4v) is 7.44. The van der Waals surface area contributed by atoms with E-state index in [1.165, 1.54) is 50.3 Å². The topological polar surface area (TPSA) is 286 Å². The molecule has 8 N–H and O–H groups in total. The molecule has 0 saturated heterocycles. The van der Waals surface area contributed by atoms with Crippen LogP contribution >= 0.6 is 37.2 Å². The molecular formula is C42H76N6O14S3. The molecule has 5 amide bonds. The van der Waals surface area contributed by atoms with Gasteiger partial charge in [0, 0.05) is 51.2 Å². The second kappa shape index (κ2) is 44.6. The number of carbonyl (C=O) groups excluding carboxylic acids is 6. The lowest BCUT2D eigenvalue weighted by Gasteiger charge is -2.14. The maximum Gasteiger partial charge on any atom is 0.326 e. The highest BCUT2D eigenvalue weighted by Gasteiger charge is 2.21. The van der Waals surface area contributed by atoms with Gasteiger partial charge in [-0.05, 0) is 19.3 Å². The maximum absolute atomic E-state index is 12.3. The summed E-state index contributed by atoms with van der Waals surface area (Å²) in [5, 5.41) is 30.9. The molecule has 0 aliphatic carbocycles. The van der Waals surface area contributed by atoms with Gasteiger partial charge in [0.15, 0.2) is 0 Å². The van der Waals surface area contributed by atoms with Crippen molar-refractivity contribution < 1.29 is 67.5 Å². The summed E-state index contributed by atoms with van der Waals surface area (Å²) >= 11 is 8.82. The Morgan fingerprint density at radius 3 is 1.37 bits per heavy atom. The average molecular weight is 985 g/mol. The van der Waals surface area contributed by atoms with E-state index in [-0.39, 0.29) is 145 Å². The minimum atomic E-state index is -1.19. The number of hydrogen-bond acceptors (Lipinski definition) is 15. The van der Waals surface area contributed by atoms with Crippen LogP contribution in [0.3, 0.4) is 0 Å². The molecule has 0 heterocycles. The summed E-state index contributed by atoms with van der Waals surface area (Å²) in [6, 6.07) is -1.71. The van der Waals surface area contributed by atoms with Crippen LogP contribution in [0.4, 0.5) is 0 Å². The molecule has 0 aliphatic heterocycles. The summed E-state index contributed by atoms with van der Waals surface area (Å²) in [7, 11) is 0. The van der Waals surface area contributed by atoms with Gasteiger partial charge in [-0.15, -0.1) is 24.4 Å². The number of thiol groups is 2. The lowest BCUT2D eigenvalue weighted by atomic mass is 10.0. The highest BCUT2D eigenvalue weighted by Crippen LogP contribution is 2.14. The molecular weight excluding hydrogens is 909 g/mol. The molecule has 0 aromatic rings. The lowest BCUT2D eigenvalue weighted by molar-refractivity contribution is -0.142. The van der Waals surface area contributed by atoms with Crippen LogP contribution in [0.25, 0.3) is 0 Å². The van der Waals surface area contributed by atoms with Gasteiger partial charge in [-0.1, -0.05) is 89.9 Å². The van der Waals surface area contributed by atoms with E-state index >= 15 is 0 Å². The fraction of sp³-hybridized carbons (Fsp3) is 0.810. The van der Waals surface area contributed by atoms with Crippen molar-refractivity contribution in [1.82, 2.24) is 31.3 Å². The molecule has 23 heteroatoms. The predicted octanol–water partition coefficient (Wildman–Crippen LogP) is 2.19. The summed E-state index contributed by atoms with van der Waals surface area (Å²) in [6.45, 7) is 1.66. The molecule has 0 bridgehead atoms. The first-order chi connectivity index (χ1) is 31.3. The third-order valence-electron chi connectivity index (χ3n) is 9.43. The molecule has 0 rings (SSSR count). The summed E-state index contributed by atoms with van der Waals surface area (Å²) in [4.78, 5) is 93.5. The number of ether oxygens (including phenoxy) is 4. The summed E-state index contributed by atoms with van der Waals surface area (Å²) in [5.41, 5.74) is 0. The van der Waals surface area contributed by atoms with Crippen LogP contribution in [0.5, 0.6) is 0 Å². The number of nitrogens with one attached hydrogen (secondary N) is 6. The first kappa shape index (κ1) is 61.8. The van der Waals surface area contributed by atoms with Crippen LogP contribution in [0.2, 0.25) is 0 Å². The average Bonchev–Trinajstić information content (AvgIpc) is 3.26. The van der Waals surface area contributed by atoms with Gasteiger partial charge in [0.25, 0.3) is 0 Å². The molecule has 0 aliphatic rings. The van der Waals surface area contributed by atoms with E-state index in [1.807, 2.05) is 0 Å². The summed E-state index contributed by atoms with van der Waals surface area (Å²) < 4.78 is 23.8. The molecule has 0 aromatic heterocycles. The standard InChI is InChI=1S/C42H76N6O14S3/c49-35(18-17-33(41(56)57)47-36(50)15-13-11-9-7-5-3-1-2-4-6-8-10-12-14-16-40(54)55)45-21-23-59-25-28-62-30-38(52)46-22-24-60-26-27-61-29-37(51)43-19-20-44-39(53)32-65-31-34(48-64)42(58)63/h33-34,48,64H,1-32H2,(H,43,51)(H,44,53)(H,45,49)(H,46,52)(H,47,50)(H,54,55)(H,56,57)(H,58,63)/t33-,34?/m0/s1. The number of thioether (sulfide) groups is 1. The number of hydrogen-bond donors (Lipinski definition) is 10. The van der Waals surface area contributed by atoms with Crippen molar-refractivity contribution in [2.45, 2.75) is 128 Å². The molecule has 376 valence electrons. The minimum Gasteiger partial charge on any atom is -0.481 e. The lowest BCUT2D eigenvalue weighted by Crippen LogP contribution is -2.41. The molecule has 0 radical (unpaired) electrons. The monoisotopic (exact) mass is 984 g/mol. The molecule has 2 atom stereocenters. The number of rotatable bonds is 47. The van der Waals surface area contributed by atoms with Gasteiger partial charge in [-0.25, -0.2) is 4.79 Å². The van der Waals surface area contributed by atoms with Gasteiger partial charge < -0.3 is 55.7 Å². The molecule has 20 nitrogen and oxygen atoms in total. The largest absolute Gasteiger partial charge is 0.481 e. The van der Waals surface area contributed by atoms with E-state index in [4.69, 9.17) is 24.1 Å². The zero-order chi connectivity index (χ0) is 48.2. The van der Waals surface area contributed by atoms with Gasteiger partial charge in [-0.3, -0.25) is 38.3 Å². The second-order valence-electron chi connectivity index (χ2n) is 15.1. The Morgan fingerprint density at radius 1 is 0.477 bits per heavy atom. The third-order valence-corrected chi connectivity index (χ3v) is 11.1. The van der Waals surface area contributed by atoms with Crippen molar-refractivity contribution in [3.05, 3.63) is 0 Å². The molecule has 0 spiro atoms. The quantitative estimate of drug-likeness (QED) is 0.0309. The van der Waals surface area contributed by atoms with Crippen LogP contribution in [-0.4, -0.2) is 159 Å². The Morgan fingerprint density at radius 2 is 0.908 bits per heavy atom. The van der Waals surface area contributed by atoms with Crippen LogP contribution in [0, 0.1) is 0 Å². The first-order valence-electron chi connectivity index (χ1n) is 22.7. The van der Waals surface area contributed by atoms with Crippen molar-refractivity contribution in [2.24, 2.45) is 0 Å². The van der Waals surface area contributed by atoms with E-state index in [2.05, 4.69) is 56.7 Å². The Labute approximate surface area is 399 Å². The summed E-state index contributed by atoms with van der Waals surface area (Å²) in [6.07, 6.45) is 15.4. The van der Waals surface area contributed by atoms with Crippen LogP contribution < -0.4 is 31.3 Å². The van der Waals surface area contributed by atoms with Crippen molar-refractivity contribution in [1.29, 1.82) is 0 Å². The van der Waals surface area contributed by atoms with Crippen molar-refractivity contribution >= 4 is 83.8 Å². The van der Waals surface area contributed by atoms with Gasteiger partial charge in [0.2, 0.25) is 34.7 Å². The van der Waals surface area contributed by atoms with Crippen LogP contribution in [-0.2, 0) is 57.3 Å². The van der Waals surface area contributed by atoms with E-state index < -0.39 is 24.0 Å². The number of carboxylic acids is 2. The zero-order valence-corrected chi connectivity index (χ0v) is 40.5. The van der Waals surface area contributed by atoms with E-state index in [0.717, 1.165) is 44.9 Å². The van der Waals surface area contributed by atoms with Crippen molar-refractivity contribution in [3.63, 3.8) is 0 Å².